The smallest absolute Gasteiger partial charge is 0.221 e. The van der Waals surface area contributed by atoms with Crippen molar-refractivity contribution in [2.45, 2.75) is 31.2 Å². The molecule has 1 amide bonds. The zero-order valence-corrected chi connectivity index (χ0v) is 13.6. The molecule has 1 aliphatic heterocycles. The molecule has 0 radical (unpaired) electrons. The molecule has 1 aromatic heterocycles. The molecule has 7 nitrogen and oxygen atoms in total. The molecule has 0 spiro atoms. The zero-order valence-electron chi connectivity index (χ0n) is 13.6. The predicted octanol–water partition coefficient (Wildman–Crippen LogP) is 0.603. The third-order valence-corrected chi connectivity index (χ3v) is 4.62. The van der Waals surface area contributed by atoms with Crippen molar-refractivity contribution < 1.29 is 9.53 Å². The van der Waals surface area contributed by atoms with Gasteiger partial charge in [0, 0.05) is 56.8 Å². The van der Waals surface area contributed by atoms with Crippen LogP contribution in [0.3, 0.4) is 0 Å². The molecule has 1 aromatic rings. The van der Waals surface area contributed by atoms with Crippen LogP contribution in [0.25, 0.3) is 0 Å². The lowest BCUT2D eigenvalue weighted by atomic mass is 9.78. The summed E-state index contributed by atoms with van der Waals surface area (Å²) in [6.45, 7) is 4.24. The molecule has 0 bridgehead atoms. The number of carbonyl (C=O) groups excluding carboxylic acids is 1. The fraction of sp³-hybridized carbons (Fsp3) is 0.688. The second kappa shape index (κ2) is 7.70. The summed E-state index contributed by atoms with van der Waals surface area (Å²) in [6, 6.07) is 2.27. The lowest BCUT2D eigenvalue weighted by molar-refractivity contribution is -0.123. The molecular formula is C16H25N5O2. The van der Waals surface area contributed by atoms with Crippen molar-refractivity contribution in [3.8, 4) is 0 Å². The molecule has 2 fully saturated rings. The minimum Gasteiger partial charge on any atom is -0.379 e. The molecule has 1 saturated heterocycles. The minimum absolute atomic E-state index is 0.151. The van der Waals surface area contributed by atoms with Crippen molar-refractivity contribution in [2.24, 2.45) is 0 Å². The largest absolute Gasteiger partial charge is 0.379 e. The monoisotopic (exact) mass is 319 g/mol. The maximum Gasteiger partial charge on any atom is 0.221 e. The van der Waals surface area contributed by atoms with Crippen molar-refractivity contribution in [1.82, 2.24) is 20.2 Å². The molecule has 7 heteroatoms. The summed E-state index contributed by atoms with van der Waals surface area (Å²) < 4.78 is 5.31. The molecule has 1 aliphatic carbocycles. The molecule has 0 aromatic carbocycles. The molecule has 2 heterocycles. The van der Waals surface area contributed by atoms with Gasteiger partial charge in [-0.2, -0.15) is 0 Å². The van der Waals surface area contributed by atoms with E-state index in [1.165, 1.54) is 0 Å². The SMILES string of the molecule is CNc1cc(C2CC(NC(=O)CCN3CCOCC3)C2)ncn1. The van der Waals surface area contributed by atoms with E-state index in [-0.39, 0.29) is 11.9 Å². The number of hydrogen-bond donors (Lipinski definition) is 2. The summed E-state index contributed by atoms with van der Waals surface area (Å²) in [6.07, 6.45) is 4.08. The maximum atomic E-state index is 12.0. The van der Waals surface area contributed by atoms with Gasteiger partial charge in [-0.15, -0.1) is 0 Å². The number of anilines is 1. The number of morpholine rings is 1. The Balaban J connectivity index is 1.36. The van der Waals surface area contributed by atoms with Gasteiger partial charge in [-0.25, -0.2) is 9.97 Å². The van der Waals surface area contributed by atoms with E-state index in [0.717, 1.165) is 57.2 Å². The van der Waals surface area contributed by atoms with E-state index in [1.54, 1.807) is 6.33 Å². The van der Waals surface area contributed by atoms with Crippen LogP contribution in [0.2, 0.25) is 0 Å². The van der Waals surface area contributed by atoms with Gasteiger partial charge in [0.05, 0.1) is 13.2 Å². The number of rotatable bonds is 6. The summed E-state index contributed by atoms with van der Waals surface area (Å²) in [5.41, 5.74) is 1.06. The first-order chi connectivity index (χ1) is 11.2. The Morgan fingerprint density at radius 3 is 2.87 bits per heavy atom. The molecule has 23 heavy (non-hydrogen) atoms. The van der Waals surface area contributed by atoms with E-state index in [4.69, 9.17) is 4.74 Å². The Hall–Kier alpha value is -1.73. The van der Waals surface area contributed by atoms with Crippen LogP contribution in [0.4, 0.5) is 5.82 Å². The van der Waals surface area contributed by atoms with Gasteiger partial charge >= 0.3 is 0 Å². The molecule has 3 rings (SSSR count). The Kier molecular flexibility index (Phi) is 5.40. The highest BCUT2D eigenvalue weighted by molar-refractivity contribution is 5.76. The number of amides is 1. The molecule has 1 saturated carbocycles. The summed E-state index contributed by atoms with van der Waals surface area (Å²) in [5.74, 6) is 1.42. The van der Waals surface area contributed by atoms with E-state index >= 15 is 0 Å². The number of aromatic nitrogens is 2. The Labute approximate surface area is 136 Å². The van der Waals surface area contributed by atoms with Gasteiger partial charge in [0.1, 0.15) is 12.1 Å². The number of nitrogens with zero attached hydrogens (tertiary/aromatic N) is 3. The van der Waals surface area contributed by atoms with Crippen LogP contribution < -0.4 is 10.6 Å². The predicted molar refractivity (Wildman–Crippen MR) is 87.4 cm³/mol. The first-order valence-corrected chi connectivity index (χ1v) is 8.34. The van der Waals surface area contributed by atoms with Crippen LogP contribution in [0.15, 0.2) is 12.4 Å². The summed E-state index contributed by atoms with van der Waals surface area (Å²) in [4.78, 5) is 22.8. The number of carbonyl (C=O) groups is 1. The fourth-order valence-corrected chi connectivity index (χ4v) is 3.09. The minimum atomic E-state index is 0.151. The third kappa shape index (κ3) is 4.39. The average Bonchev–Trinajstić information content (AvgIpc) is 2.57. The second-order valence-electron chi connectivity index (χ2n) is 6.21. The number of ether oxygens (including phenoxy) is 1. The first kappa shape index (κ1) is 16.1. The average molecular weight is 319 g/mol. The molecule has 0 unspecified atom stereocenters. The quantitative estimate of drug-likeness (QED) is 0.799. The molecular weight excluding hydrogens is 294 g/mol. The highest BCUT2D eigenvalue weighted by atomic mass is 16.5. The van der Waals surface area contributed by atoms with Crippen LogP contribution in [-0.2, 0) is 9.53 Å². The molecule has 126 valence electrons. The normalized spacial score (nSPS) is 24.7. The highest BCUT2D eigenvalue weighted by Gasteiger charge is 2.32. The van der Waals surface area contributed by atoms with Gasteiger partial charge in [-0.1, -0.05) is 0 Å². The van der Waals surface area contributed by atoms with E-state index in [9.17, 15) is 4.79 Å². The molecule has 2 N–H and O–H groups in total. The van der Waals surface area contributed by atoms with Gasteiger partial charge in [0.2, 0.25) is 5.91 Å². The fourth-order valence-electron chi connectivity index (χ4n) is 3.09. The Morgan fingerprint density at radius 2 is 2.13 bits per heavy atom. The van der Waals surface area contributed by atoms with Crippen LogP contribution in [0.5, 0.6) is 0 Å². The van der Waals surface area contributed by atoms with E-state index in [2.05, 4.69) is 25.5 Å². The molecule has 0 atom stereocenters. The van der Waals surface area contributed by atoms with Crippen LogP contribution >= 0.6 is 0 Å². The van der Waals surface area contributed by atoms with Gasteiger partial charge in [-0.05, 0) is 12.8 Å². The Morgan fingerprint density at radius 1 is 1.35 bits per heavy atom. The van der Waals surface area contributed by atoms with Gasteiger partial charge < -0.3 is 15.4 Å². The lowest BCUT2D eigenvalue weighted by Gasteiger charge is -2.35. The highest BCUT2D eigenvalue weighted by Crippen LogP contribution is 2.36. The van der Waals surface area contributed by atoms with E-state index < -0.39 is 0 Å². The van der Waals surface area contributed by atoms with Gasteiger partial charge in [0.15, 0.2) is 0 Å². The third-order valence-electron chi connectivity index (χ3n) is 4.62. The summed E-state index contributed by atoms with van der Waals surface area (Å²) in [7, 11) is 1.85. The lowest BCUT2D eigenvalue weighted by Crippen LogP contribution is -2.45. The van der Waals surface area contributed by atoms with Crippen LogP contribution in [0, 0.1) is 0 Å². The maximum absolute atomic E-state index is 12.0. The van der Waals surface area contributed by atoms with E-state index in [0.29, 0.717) is 12.3 Å². The number of nitrogens with one attached hydrogen (secondary N) is 2. The van der Waals surface area contributed by atoms with Gasteiger partial charge in [-0.3, -0.25) is 9.69 Å². The van der Waals surface area contributed by atoms with Crippen molar-refractivity contribution >= 4 is 11.7 Å². The standard InChI is InChI=1S/C16H25N5O2/c1-17-15-10-14(18-11-19-15)12-8-13(9-12)20-16(22)2-3-21-4-6-23-7-5-21/h10-13H,2-9H2,1H3,(H,20,22)(H,17,18,19). The zero-order chi connectivity index (χ0) is 16.1. The van der Waals surface area contributed by atoms with Crippen molar-refractivity contribution in [1.29, 1.82) is 0 Å². The van der Waals surface area contributed by atoms with Crippen molar-refractivity contribution in [2.75, 3.05) is 45.2 Å². The summed E-state index contributed by atoms with van der Waals surface area (Å²) >= 11 is 0. The van der Waals surface area contributed by atoms with Crippen molar-refractivity contribution in [3.63, 3.8) is 0 Å². The van der Waals surface area contributed by atoms with Gasteiger partial charge in [0.25, 0.3) is 0 Å². The van der Waals surface area contributed by atoms with E-state index in [1.807, 2.05) is 13.1 Å². The topological polar surface area (TPSA) is 79.4 Å². The van der Waals surface area contributed by atoms with Crippen molar-refractivity contribution in [3.05, 3.63) is 18.1 Å². The van der Waals surface area contributed by atoms with Crippen LogP contribution in [-0.4, -0.2) is 66.7 Å². The van der Waals surface area contributed by atoms with Crippen LogP contribution in [0.1, 0.15) is 30.9 Å². The first-order valence-electron chi connectivity index (χ1n) is 8.34. The second-order valence-corrected chi connectivity index (χ2v) is 6.21. The number of hydrogen-bond acceptors (Lipinski definition) is 6. The Bertz CT molecular complexity index is 527. The summed E-state index contributed by atoms with van der Waals surface area (Å²) in [5, 5.41) is 6.16. The molecule has 2 aliphatic rings.